The van der Waals surface area contributed by atoms with Crippen LogP contribution in [0.1, 0.15) is 80.7 Å². The quantitative estimate of drug-likeness (QED) is 0.328. The molecule has 0 radical (unpaired) electrons. The summed E-state index contributed by atoms with van der Waals surface area (Å²) in [7, 11) is 0. The van der Waals surface area contributed by atoms with Crippen LogP contribution in [0.4, 0.5) is 8.78 Å². The van der Waals surface area contributed by atoms with Crippen molar-refractivity contribution in [3.05, 3.63) is 101 Å². The first-order chi connectivity index (χ1) is 17.9. The van der Waals surface area contributed by atoms with Gasteiger partial charge in [0.15, 0.2) is 0 Å². The number of halogens is 2. The van der Waals surface area contributed by atoms with Crippen molar-refractivity contribution in [1.82, 2.24) is 0 Å². The van der Waals surface area contributed by atoms with E-state index >= 15 is 0 Å². The van der Waals surface area contributed by atoms with Gasteiger partial charge in [0.2, 0.25) is 0 Å². The van der Waals surface area contributed by atoms with Crippen LogP contribution in [0, 0.1) is 23.5 Å². The minimum atomic E-state index is -0.631. The van der Waals surface area contributed by atoms with Crippen LogP contribution in [0.2, 0.25) is 0 Å². The number of rotatable bonds is 7. The van der Waals surface area contributed by atoms with E-state index in [4.69, 9.17) is 4.74 Å². The lowest BCUT2D eigenvalue weighted by atomic mass is 9.86. The molecule has 2 aliphatic rings. The molecular weight excluding hydrogens is 466 g/mol. The average molecular weight is 501 g/mol. The fraction of sp³-hybridized carbons (Fsp3) is 0.333. The molecule has 0 amide bonds. The number of phenols is 1. The lowest BCUT2D eigenvalue weighted by molar-refractivity contribution is 0.259. The van der Waals surface area contributed by atoms with Gasteiger partial charge in [-0.05, 0) is 84.6 Å². The maximum Gasteiger partial charge on any atom is 0.150 e. The lowest BCUT2D eigenvalue weighted by Crippen LogP contribution is -2.16. The Balaban J connectivity index is 1.36. The van der Waals surface area contributed by atoms with Crippen LogP contribution in [-0.4, -0.2) is 5.11 Å². The van der Waals surface area contributed by atoms with Crippen LogP contribution < -0.4 is 4.74 Å². The van der Waals surface area contributed by atoms with Gasteiger partial charge in [-0.3, -0.25) is 0 Å². The standard InChI is InChI=1S/C33H34F2O2/c1-21-8-9-24(16-21)7-5-3-4-6-23-10-12-25(13-11-23)33-32(26-17-27(34)19-28(35)18-26)22(2)30-15-14-29(36)20-31(30)37-33/h4,6,10-15,17-21,24,33,36H,3,5,7-9,16H2,1-2H3/b6-4+/t21-,24?,33?/m1/s1. The molecule has 1 aliphatic carbocycles. The zero-order valence-electron chi connectivity index (χ0n) is 21.5. The number of phenolic OH excluding ortho intramolecular Hbond substituents is 1. The number of hydrogen-bond donors (Lipinski definition) is 1. The maximum absolute atomic E-state index is 14.2. The smallest absolute Gasteiger partial charge is 0.150 e. The number of allylic oxidation sites excluding steroid dienone is 2. The van der Waals surface area contributed by atoms with Crippen LogP contribution in [0.5, 0.6) is 11.5 Å². The van der Waals surface area contributed by atoms with Crippen molar-refractivity contribution in [1.29, 1.82) is 0 Å². The predicted molar refractivity (Wildman–Crippen MR) is 146 cm³/mol. The molecule has 3 aromatic carbocycles. The number of hydrogen-bond acceptors (Lipinski definition) is 2. The highest BCUT2D eigenvalue weighted by molar-refractivity contribution is 5.95. The molecule has 3 aromatic rings. The highest BCUT2D eigenvalue weighted by atomic mass is 19.1. The molecule has 4 heteroatoms. The van der Waals surface area contributed by atoms with Gasteiger partial charge in [-0.25, -0.2) is 8.78 Å². The Bertz CT molecular complexity index is 1300. The van der Waals surface area contributed by atoms with Gasteiger partial charge in [-0.15, -0.1) is 0 Å². The fourth-order valence-electron chi connectivity index (χ4n) is 5.87. The highest BCUT2D eigenvalue weighted by Crippen LogP contribution is 2.47. The van der Waals surface area contributed by atoms with E-state index in [0.29, 0.717) is 16.9 Å². The van der Waals surface area contributed by atoms with Gasteiger partial charge in [0, 0.05) is 23.3 Å². The van der Waals surface area contributed by atoms with Crippen LogP contribution in [-0.2, 0) is 0 Å². The number of benzene rings is 3. The van der Waals surface area contributed by atoms with Gasteiger partial charge in [0.25, 0.3) is 0 Å². The van der Waals surface area contributed by atoms with Crippen molar-refractivity contribution in [2.45, 2.75) is 58.5 Å². The Hall–Kier alpha value is -3.40. The molecule has 192 valence electrons. The van der Waals surface area contributed by atoms with Crippen molar-refractivity contribution < 1.29 is 18.6 Å². The Morgan fingerprint density at radius 1 is 0.973 bits per heavy atom. The molecule has 1 N–H and O–H groups in total. The van der Waals surface area contributed by atoms with Crippen molar-refractivity contribution in [2.75, 3.05) is 0 Å². The summed E-state index contributed by atoms with van der Waals surface area (Å²) < 4.78 is 34.7. The normalized spacial score (nSPS) is 21.4. The molecule has 0 bridgehead atoms. The molecular formula is C33H34F2O2. The van der Waals surface area contributed by atoms with Gasteiger partial charge in [0.1, 0.15) is 29.2 Å². The molecule has 1 heterocycles. The van der Waals surface area contributed by atoms with Crippen molar-refractivity contribution in [2.24, 2.45) is 11.8 Å². The Kier molecular flexibility index (Phi) is 7.45. The van der Waals surface area contributed by atoms with Gasteiger partial charge >= 0.3 is 0 Å². The van der Waals surface area contributed by atoms with Gasteiger partial charge < -0.3 is 9.84 Å². The van der Waals surface area contributed by atoms with E-state index in [0.717, 1.165) is 46.6 Å². The van der Waals surface area contributed by atoms with E-state index in [1.54, 1.807) is 18.2 Å². The Labute approximate surface area is 218 Å². The average Bonchev–Trinajstić information content (AvgIpc) is 3.28. The van der Waals surface area contributed by atoms with E-state index in [1.165, 1.54) is 44.2 Å². The third-order valence-electron chi connectivity index (χ3n) is 7.79. The summed E-state index contributed by atoms with van der Waals surface area (Å²) in [5.41, 5.74) is 4.78. The van der Waals surface area contributed by atoms with E-state index in [2.05, 4.69) is 19.1 Å². The van der Waals surface area contributed by atoms with Gasteiger partial charge in [0.05, 0.1) is 0 Å². The topological polar surface area (TPSA) is 29.5 Å². The minimum absolute atomic E-state index is 0.105. The first-order valence-corrected chi connectivity index (χ1v) is 13.3. The van der Waals surface area contributed by atoms with Gasteiger partial charge in [-0.1, -0.05) is 62.6 Å². The third kappa shape index (κ3) is 5.79. The minimum Gasteiger partial charge on any atom is -0.508 e. The summed E-state index contributed by atoms with van der Waals surface area (Å²) in [5.74, 6) is 1.19. The second-order valence-electron chi connectivity index (χ2n) is 10.7. The second-order valence-corrected chi connectivity index (χ2v) is 10.7. The largest absolute Gasteiger partial charge is 0.508 e. The molecule has 1 aliphatic heterocycles. The molecule has 1 saturated carbocycles. The maximum atomic E-state index is 14.2. The van der Waals surface area contributed by atoms with E-state index in [-0.39, 0.29) is 5.75 Å². The zero-order valence-corrected chi connectivity index (χ0v) is 21.5. The molecule has 0 saturated heterocycles. The van der Waals surface area contributed by atoms with Gasteiger partial charge in [-0.2, -0.15) is 0 Å². The summed E-state index contributed by atoms with van der Waals surface area (Å²) in [6, 6.07) is 16.6. The van der Waals surface area contributed by atoms with Crippen LogP contribution >= 0.6 is 0 Å². The number of aromatic hydroxyl groups is 1. The van der Waals surface area contributed by atoms with Crippen LogP contribution in [0.15, 0.2) is 66.7 Å². The predicted octanol–water partition coefficient (Wildman–Crippen LogP) is 9.35. The number of unbranched alkanes of at least 4 members (excludes halogenated alkanes) is 1. The van der Waals surface area contributed by atoms with E-state index < -0.39 is 17.7 Å². The van der Waals surface area contributed by atoms with E-state index in [9.17, 15) is 13.9 Å². The summed E-state index contributed by atoms with van der Waals surface area (Å²) in [6.07, 6.45) is 11.6. The second kappa shape index (κ2) is 10.9. The lowest BCUT2D eigenvalue weighted by Gasteiger charge is -2.31. The molecule has 0 spiro atoms. The van der Waals surface area contributed by atoms with Crippen LogP contribution in [0.3, 0.4) is 0 Å². The molecule has 1 fully saturated rings. The summed E-state index contributed by atoms with van der Waals surface area (Å²) in [6.45, 7) is 4.29. The molecule has 2 unspecified atom stereocenters. The SMILES string of the molecule is CC1=C(c2cc(F)cc(F)c2)C(c2ccc(/C=C/CCCC3CC[C@@H](C)C3)cc2)Oc2cc(O)ccc21. The summed E-state index contributed by atoms with van der Waals surface area (Å²) in [5, 5.41) is 10.0. The van der Waals surface area contributed by atoms with E-state index in [1.807, 2.05) is 31.2 Å². The first-order valence-electron chi connectivity index (χ1n) is 13.3. The Morgan fingerprint density at radius 3 is 2.43 bits per heavy atom. The highest BCUT2D eigenvalue weighted by Gasteiger charge is 2.30. The van der Waals surface area contributed by atoms with Crippen molar-refractivity contribution in [3.8, 4) is 11.5 Å². The molecule has 0 aromatic heterocycles. The molecule has 2 nitrogen and oxygen atoms in total. The fourth-order valence-corrected chi connectivity index (χ4v) is 5.87. The molecule has 5 rings (SSSR count). The molecule has 37 heavy (non-hydrogen) atoms. The van der Waals surface area contributed by atoms with Crippen molar-refractivity contribution >= 4 is 17.2 Å². The summed E-state index contributed by atoms with van der Waals surface area (Å²) >= 11 is 0. The summed E-state index contributed by atoms with van der Waals surface area (Å²) in [4.78, 5) is 0. The molecule has 3 atom stereocenters. The number of ether oxygens (including phenoxy) is 1. The number of fused-ring (bicyclic) bond motifs is 1. The third-order valence-corrected chi connectivity index (χ3v) is 7.79. The first kappa shape index (κ1) is 25.3. The zero-order chi connectivity index (χ0) is 25.9. The van der Waals surface area contributed by atoms with Crippen LogP contribution in [0.25, 0.3) is 17.2 Å². The Morgan fingerprint density at radius 2 is 1.73 bits per heavy atom. The monoisotopic (exact) mass is 500 g/mol. The van der Waals surface area contributed by atoms with Crippen molar-refractivity contribution in [3.63, 3.8) is 0 Å².